The molecule has 1 fully saturated rings. The quantitative estimate of drug-likeness (QED) is 0.444. The number of fused-ring (bicyclic) bond motifs is 1. The molecule has 2 aliphatic heterocycles. The molecule has 2 N–H and O–H groups in total. The van der Waals surface area contributed by atoms with Crippen molar-refractivity contribution in [3.05, 3.63) is 12.3 Å². The van der Waals surface area contributed by atoms with Crippen molar-refractivity contribution in [2.24, 2.45) is 0 Å². The van der Waals surface area contributed by atoms with E-state index >= 15 is 0 Å². The van der Waals surface area contributed by atoms with Gasteiger partial charge >= 0.3 is 0 Å². The Labute approximate surface area is 58.9 Å². The third-order valence-corrected chi connectivity index (χ3v) is 1.78. The molecule has 10 heavy (non-hydrogen) atoms. The van der Waals surface area contributed by atoms with Gasteiger partial charge in [0.15, 0.2) is 0 Å². The number of amides is 1. The lowest BCUT2D eigenvalue weighted by Gasteiger charge is -2.28. The highest BCUT2D eigenvalue weighted by Gasteiger charge is 2.26. The molecule has 0 aliphatic carbocycles. The van der Waals surface area contributed by atoms with Gasteiger partial charge in [0.1, 0.15) is 0 Å². The van der Waals surface area contributed by atoms with Gasteiger partial charge < -0.3 is 10.7 Å². The summed E-state index contributed by atoms with van der Waals surface area (Å²) < 4.78 is 0. The number of carbonyl (C=O) groups excluding carboxylic acids is 1. The van der Waals surface area contributed by atoms with Crippen LogP contribution in [0.3, 0.4) is 0 Å². The van der Waals surface area contributed by atoms with Gasteiger partial charge in [0.2, 0.25) is 5.91 Å². The Bertz CT molecular complexity index is 189. The van der Waals surface area contributed by atoms with Crippen LogP contribution in [0.15, 0.2) is 12.3 Å². The van der Waals surface area contributed by atoms with Crippen LogP contribution >= 0.6 is 0 Å². The Morgan fingerprint density at radius 2 is 2.60 bits per heavy atom. The standard InChI is InChI=1S/C6H9N3O/c10-6-4-9-5(3-7-6)1-2-8-9/h1-2,5,8H,3-4H2,(H,7,10). The summed E-state index contributed by atoms with van der Waals surface area (Å²) in [7, 11) is 0. The number of hydrogen-bond donors (Lipinski definition) is 2. The van der Waals surface area contributed by atoms with Gasteiger partial charge in [-0.1, -0.05) is 0 Å². The Hall–Kier alpha value is -1.03. The Kier molecular flexibility index (Phi) is 1.14. The van der Waals surface area contributed by atoms with Crippen molar-refractivity contribution in [2.45, 2.75) is 6.04 Å². The second-order valence-corrected chi connectivity index (χ2v) is 2.49. The van der Waals surface area contributed by atoms with E-state index in [0.29, 0.717) is 12.6 Å². The minimum atomic E-state index is 0.0902. The first-order valence-electron chi connectivity index (χ1n) is 3.32. The number of hydrogen-bond acceptors (Lipinski definition) is 3. The molecule has 2 aliphatic rings. The molecular weight excluding hydrogens is 130 g/mol. The predicted molar refractivity (Wildman–Crippen MR) is 35.8 cm³/mol. The number of hydrazine groups is 1. The molecule has 0 radical (unpaired) electrons. The minimum Gasteiger partial charge on any atom is -0.353 e. The van der Waals surface area contributed by atoms with E-state index in [9.17, 15) is 4.79 Å². The number of piperazine rings is 1. The summed E-state index contributed by atoms with van der Waals surface area (Å²) in [5.74, 6) is 0.0902. The summed E-state index contributed by atoms with van der Waals surface area (Å²) in [4.78, 5) is 10.8. The van der Waals surface area contributed by atoms with Gasteiger partial charge in [-0.3, -0.25) is 4.79 Å². The van der Waals surface area contributed by atoms with Crippen LogP contribution in [0.5, 0.6) is 0 Å². The fourth-order valence-electron chi connectivity index (χ4n) is 1.22. The molecule has 1 amide bonds. The van der Waals surface area contributed by atoms with E-state index in [1.165, 1.54) is 0 Å². The number of rotatable bonds is 0. The summed E-state index contributed by atoms with van der Waals surface area (Å²) >= 11 is 0. The molecule has 2 rings (SSSR count). The average molecular weight is 139 g/mol. The SMILES string of the molecule is O=C1CN2NC=CC2CN1. The fraction of sp³-hybridized carbons (Fsp3) is 0.500. The van der Waals surface area contributed by atoms with Gasteiger partial charge in [0, 0.05) is 12.7 Å². The van der Waals surface area contributed by atoms with E-state index in [2.05, 4.69) is 10.7 Å². The predicted octanol–water partition coefficient (Wildman–Crippen LogP) is -1.18. The van der Waals surface area contributed by atoms with Crippen LogP contribution < -0.4 is 10.7 Å². The van der Waals surface area contributed by atoms with Gasteiger partial charge in [0.05, 0.1) is 12.6 Å². The maximum atomic E-state index is 10.8. The zero-order chi connectivity index (χ0) is 6.97. The van der Waals surface area contributed by atoms with Crippen molar-refractivity contribution in [1.82, 2.24) is 15.8 Å². The molecule has 1 atom stereocenters. The Balaban J connectivity index is 2.07. The molecule has 2 heterocycles. The molecule has 4 heteroatoms. The summed E-state index contributed by atoms with van der Waals surface area (Å²) in [6.45, 7) is 1.18. The Morgan fingerprint density at radius 1 is 1.70 bits per heavy atom. The van der Waals surface area contributed by atoms with Crippen molar-refractivity contribution < 1.29 is 4.79 Å². The smallest absolute Gasteiger partial charge is 0.236 e. The number of nitrogens with zero attached hydrogens (tertiary/aromatic N) is 1. The summed E-state index contributed by atoms with van der Waals surface area (Å²) in [5.41, 5.74) is 2.98. The van der Waals surface area contributed by atoms with Crippen LogP contribution in [0.1, 0.15) is 0 Å². The first-order valence-corrected chi connectivity index (χ1v) is 3.32. The number of carbonyl (C=O) groups is 1. The van der Waals surface area contributed by atoms with Crippen molar-refractivity contribution in [2.75, 3.05) is 13.1 Å². The number of nitrogens with one attached hydrogen (secondary N) is 2. The second-order valence-electron chi connectivity index (χ2n) is 2.49. The van der Waals surface area contributed by atoms with Crippen molar-refractivity contribution in [3.63, 3.8) is 0 Å². The van der Waals surface area contributed by atoms with Crippen LogP contribution in [0.2, 0.25) is 0 Å². The van der Waals surface area contributed by atoms with E-state index in [1.807, 2.05) is 17.3 Å². The first-order chi connectivity index (χ1) is 4.86. The van der Waals surface area contributed by atoms with Crippen LogP contribution in [0.25, 0.3) is 0 Å². The van der Waals surface area contributed by atoms with Crippen molar-refractivity contribution in [3.8, 4) is 0 Å². The highest BCUT2D eigenvalue weighted by molar-refractivity contribution is 5.79. The fourth-order valence-corrected chi connectivity index (χ4v) is 1.22. The molecule has 0 aromatic heterocycles. The minimum absolute atomic E-state index is 0.0902. The highest BCUT2D eigenvalue weighted by Crippen LogP contribution is 2.06. The largest absolute Gasteiger partial charge is 0.353 e. The average Bonchev–Trinajstić information content (AvgIpc) is 2.33. The van der Waals surface area contributed by atoms with E-state index < -0.39 is 0 Å². The van der Waals surface area contributed by atoms with Gasteiger partial charge in [-0.15, -0.1) is 0 Å². The molecular formula is C6H9N3O. The normalized spacial score (nSPS) is 31.2. The third-order valence-electron chi connectivity index (χ3n) is 1.78. The monoisotopic (exact) mass is 139 g/mol. The Morgan fingerprint density at radius 3 is 3.50 bits per heavy atom. The summed E-state index contributed by atoms with van der Waals surface area (Å²) in [6, 6.07) is 0.359. The second kappa shape index (κ2) is 1.98. The van der Waals surface area contributed by atoms with Gasteiger partial charge in [0.25, 0.3) is 0 Å². The van der Waals surface area contributed by atoms with Crippen LogP contribution in [-0.2, 0) is 4.79 Å². The molecule has 0 aromatic rings. The van der Waals surface area contributed by atoms with E-state index in [0.717, 1.165) is 6.54 Å². The zero-order valence-corrected chi connectivity index (χ0v) is 5.50. The van der Waals surface area contributed by atoms with Crippen LogP contribution in [0, 0.1) is 0 Å². The van der Waals surface area contributed by atoms with Gasteiger partial charge in [-0.05, 0) is 6.08 Å². The van der Waals surface area contributed by atoms with E-state index in [1.54, 1.807) is 0 Å². The maximum absolute atomic E-state index is 10.8. The van der Waals surface area contributed by atoms with Gasteiger partial charge in [-0.2, -0.15) is 0 Å². The zero-order valence-electron chi connectivity index (χ0n) is 5.50. The van der Waals surface area contributed by atoms with E-state index in [4.69, 9.17) is 0 Å². The lowest BCUT2D eigenvalue weighted by molar-refractivity contribution is -0.125. The molecule has 1 saturated heterocycles. The molecule has 0 bridgehead atoms. The van der Waals surface area contributed by atoms with Crippen molar-refractivity contribution >= 4 is 5.91 Å². The van der Waals surface area contributed by atoms with Crippen LogP contribution in [0.4, 0.5) is 0 Å². The van der Waals surface area contributed by atoms with Crippen LogP contribution in [-0.4, -0.2) is 30.0 Å². The lowest BCUT2D eigenvalue weighted by atomic mass is 10.2. The molecule has 54 valence electrons. The van der Waals surface area contributed by atoms with Gasteiger partial charge in [-0.25, -0.2) is 5.01 Å². The lowest BCUT2D eigenvalue weighted by Crippen LogP contribution is -2.54. The first kappa shape index (κ1) is 5.73. The summed E-state index contributed by atoms with van der Waals surface area (Å²) in [6.07, 6.45) is 3.91. The summed E-state index contributed by atoms with van der Waals surface area (Å²) in [5, 5.41) is 4.70. The molecule has 4 nitrogen and oxygen atoms in total. The van der Waals surface area contributed by atoms with E-state index in [-0.39, 0.29) is 5.91 Å². The molecule has 1 unspecified atom stereocenters. The molecule has 0 saturated carbocycles. The highest BCUT2D eigenvalue weighted by atomic mass is 16.2. The topological polar surface area (TPSA) is 44.4 Å². The molecule has 0 aromatic carbocycles. The molecule has 0 spiro atoms. The third kappa shape index (κ3) is 0.769. The van der Waals surface area contributed by atoms with Crippen molar-refractivity contribution in [1.29, 1.82) is 0 Å². The maximum Gasteiger partial charge on any atom is 0.236 e.